The van der Waals surface area contributed by atoms with Gasteiger partial charge in [0.05, 0.1) is 0 Å². The number of benzene rings is 1. The summed E-state index contributed by atoms with van der Waals surface area (Å²) in [7, 11) is 0. The van der Waals surface area contributed by atoms with E-state index in [1.165, 1.54) is 12.1 Å². The molecule has 0 unspecified atom stereocenters. The van der Waals surface area contributed by atoms with Gasteiger partial charge >= 0.3 is 0 Å². The van der Waals surface area contributed by atoms with E-state index in [0.29, 0.717) is 17.1 Å². The van der Waals surface area contributed by atoms with E-state index in [-0.39, 0.29) is 18.3 Å². The third kappa shape index (κ3) is 3.22. The Morgan fingerprint density at radius 1 is 1.56 bits per heavy atom. The maximum absolute atomic E-state index is 13.5. The lowest BCUT2D eigenvalue weighted by molar-refractivity contribution is -0.133. The summed E-state index contributed by atoms with van der Waals surface area (Å²) in [5, 5.41) is 0. The number of carbonyl (C=O) groups excluding carboxylic acids is 1. The zero-order chi connectivity index (χ0) is 13.1. The molecule has 1 fully saturated rings. The Morgan fingerprint density at radius 3 is 2.83 bits per heavy atom. The highest BCUT2D eigenvalue weighted by Crippen LogP contribution is 2.27. The van der Waals surface area contributed by atoms with Gasteiger partial charge < -0.3 is 9.64 Å². The smallest absolute Gasteiger partial charge is 0.260 e. The number of rotatable bonds is 5. The van der Waals surface area contributed by atoms with Crippen LogP contribution < -0.4 is 4.74 Å². The molecule has 1 aliphatic rings. The van der Waals surface area contributed by atoms with Gasteiger partial charge in [-0.05, 0) is 38.0 Å². The highest BCUT2D eigenvalue weighted by Gasteiger charge is 2.31. The van der Waals surface area contributed by atoms with Gasteiger partial charge in [0.15, 0.2) is 18.2 Å². The zero-order valence-corrected chi connectivity index (χ0v) is 11.7. The van der Waals surface area contributed by atoms with E-state index in [0.717, 1.165) is 12.8 Å². The lowest BCUT2D eigenvalue weighted by Crippen LogP contribution is -2.36. The van der Waals surface area contributed by atoms with E-state index < -0.39 is 5.82 Å². The second-order valence-electron chi connectivity index (χ2n) is 4.27. The molecule has 1 amide bonds. The normalized spacial score (nSPS) is 14.4. The quantitative estimate of drug-likeness (QED) is 0.836. The molecule has 0 N–H and O–H groups in total. The van der Waals surface area contributed by atoms with Crippen molar-refractivity contribution in [3.8, 4) is 5.75 Å². The minimum Gasteiger partial charge on any atom is -0.481 e. The molecule has 0 aliphatic heterocycles. The van der Waals surface area contributed by atoms with Gasteiger partial charge in [-0.1, -0.05) is 15.9 Å². The first kappa shape index (κ1) is 13.3. The fourth-order valence-corrected chi connectivity index (χ4v) is 2.17. The molecule has 1 aromatic carbocycles. The summed E-state index contributed by atoms with van der Waals surface area (Å²) < 4.78 is 19.3. The van der Waals surface area contributed by atoms with Crippen LogP contribution in [-0.2, 0) is 4.79 Å². The molecule has 2 rings (SSSR count). The number of hydrogen-bond acceptors (Lipinski definition) is 2. The number of ether oxygens (including phenoxy) is 1. The van der Waals surface area contributed by atoms with Crippen molar-refractivity contribution in [3.05, 3.63) is 28.5 Å². The number of hydrogen-bond donors (Lipinski definition) is 0. The molecule has 0 spiro atoms. The Hall–Kier alpha value is -1.10. The molecule has 1 aromatic rings. The maximum Gasteiger partial charge on any atom is 0.260 e. The predicted octanol–water partition coefficient (Wildman–Crippen LogP) is 2.98. The van der Waals surface area contributed by atoms with Crippen molar-refractivity contribution in [2.24, 2.45) is 0 Å². The van der Waals surface area contributed by atoms with Crippen molar-refractivity contribution in [1.29, 1.82) is 0 Å². The van der Waals surface area contributed by atoms with Crippen LogP contribution in [0.3, 0.4) is 0 Å². The fourth-order valence-electron chi connectivity index (χ4n) is 1.84. The minimum atomic E-state index is -0.466. The molecule has 0 bridgehead atoms. The van der Waals surface area contributed by atoms with Gasteiger partial charge in [-0.2, -0.15) is 0 Å². The van der Waals surface area contributed by atoms with E-state index in [9.17, 15) is 9.18 Å². The van der Waals surface area contributed by atoms with E-state index in [4.69, 9.17) is 4.74 Å². The monoisotopic (exact) mass is 315 g/mol. The number of carbonyl (C=O) groups is 1. The summed E-state index contributed by atoms with van der Waals surface area (Å²) in [6.07, 6.45) is 2.12. The molecule has 0 heterocycles. The standard InChI is InChI=1S/C13H15BrFNO2/c1-2-16(10-4-5-10)13(17)8-18-12-6-3-9(14)7-11(12)15/h3,6-7,10H,2,4-5,8H2,1H3. The summed E-state index contributed by atoms with van der Waals surface area (Å²) in [5.74, 6) is -0.438. The van der Waals surface area contributed by atoms with Crippen molar-refractivity contribution >= 4 is 21.8 Å². The second-order valence-corrected chi connectivity index (χ2v) is 5.19. The van der Waals surface area contributed by atoms with Gasteiger partial charge in [-0.3, -0.25) is 4.79 Å². The first-order chi connectivity index (χ1) is 8.61. The van der Waals surface area contributed by atoms with Crippen LogP contribution in [0.2, 0.25) is 0 Å². The lowest BCUT2D eigenvalue weighted by Gasteiger charge is -2.20. The molecule has 0 aromatic heterocycles. The van der Waals surface area contributed by atoms with Crippen LogP contribution in [-0.4, -0.2) is 30.0 Å². The molecule has 0 saturated heterocycles. The molecule has 0 atom stereocenters. The molecule has 18 heavy (non-hydrogen) atoms. The van der Waals surface area contributed by atoms with Gasteiger partial charge in [-0.15, -0.1) is 0 Å². The Morgan fingerprint density at radius 2 is 2.28 bits per heavy atom. The highest BCUT2D eigenvalue weighted by atomic mass is 79.9. The largest absolute Gasteiger partial charge is 0.481 e. The average molecular weight is 316 g/mol. The van der Waals surface area contributed by atoms with Crippen LogP contribution in [0.25, 0.3) is 0 Å². The third-order valence-electron chi connectivity index (χ3n) is 2.89. The third-order valence-corrected chi connectivity index (χ3v) is 3.39. The van der Waals surface area contributed by atoms with Crippen molar-refractivity contribution in [3.63, 3.8) is 0 Å². The summed E-state index contributed by atoms with van der Waals surface area (Å²) in [5.41, 5.74) is 0. The van der Waals surface area contributed by atoms with E-state index in [2.05, 4.69) is 15.9 Å². The van der Waals surface area contributed by atoms with Gasteiger partial charge in [-0.25, -0.2) is 4.39 Å². The summed E-state index contributed by atoms with van der Waals surface area (Å²) in [6.45, 7) is 2.51. The van der Waals surface area contributed by atoms with Gasteiger partial charge in [0.1, 0.15) is 0 Å². The van der Waals surface area contributed by atoms with Crippen molar-refractivity contribution in [1.82, 2.24) is 4.90 Å². The highest BCUT2D eigenvalue weighted by molar-refractivity contribution is 9.10. The molecule has 1 saturated carbocycles. The Bertz CT molecular complexity index is 449. The molecular weight excluding hydrogens is 301 g/mol. The Kier molecular flexibility index (Phi) is 4.22. The first-order valence-electron chi connectivity index (χ1n) is 5.99. The topological polar surface area (TPSA) is 29.5 Å². The van der Waals surface area contributed by atoms with Crippen LogP contribution in [0, 0.1) is 5.82 Å². The van der Waals surface area contributed by atoms with Crippen LogP contribution in [0.15, 0.2) is 22.7 Å². The molecular formula is C13H15BrFNO2. The Labute approximate surface area is 114 Å². The zero-order valence-electron chi connectivity index (χ0n) is 10.2. The molecule has 1 aliphatic carbocycles. The van der Waals surface area contributed by atoms with Gasteiger partial charge in [0.25, 0.3) is 5.91 Å². The van der Waals surface area contributed by atoms with Gasteiger partial charge in [0, 0.05) is 17.1 Å². The SMILES string of the molecule is CCN(C(=O)COc1ccc(Br)cc1F)C1CC1. The minimum absolute atomic E-state index is 0.0812. The maximum atomic E-state index is 13.5. The number of likely N-dealkylation sites (N-methyl/N-ethyl adjacent to an activating group) is 1. The van der Waals surface area contributed by atoms with E-state index in [1.54, 1.807) is 11.0 Å². The summed E-state index contributed by atoms with van der Waals surface area (Å²) in [4.78, 5) is 13.7. The van der Waals surface area contributed by atoms with Crippen LogP contribution >= 0.6 is 15.9 Å². The number of halogens is 2. The summed E-state index contributed by atoms with van der Waals surface area (Å²) >= 11 is 3.17. The number of amides is 1. The molecule has 0 radical (unpaired) electrons. The first-order valence-corrected chi connectivity index (χ1v) is 6.78. The average Bonchev–Trinajstić information content (AvgIpc) is 3.13. The van der Waals surface area contributed by atoms with E-state index in [1.807, 2.05) is 6.92 Å². The van der Waals surface area contributed by atoms with E-state index >= 15 is 0 Å². The van der Waals surface area contributed by atoms with Crippen molar-refractivity contribution in [2.45, 2.75) is 25.8 Å². The fraction of sp³-hybridized carbons (Fsp3) is 0.462. The molecule has 98 valence electrons. The van der Waals surface area contributed by atoms with Crippen LogP contribution in [0.1, 0.15) is 19.8 Å². The molecule has 5 heteroatoms. The molecule has 3 nitrogen and oxygen atoms in total. The van der Waals surface area contributed by atoms with Crippen LogP contribution in [0.5, 0.6) is 5.75 Å². The second kappa shape index (κ2) is 5.69. The summed E-state index contributed by atoms with van der Waals surface area (Å²) in [6, 6.07) is 4.88. The predicted molar refractivity (Wildman–Crippen MR) is 70.0 cm³/mol. The van der Waals surface area contributed by atoms with Crippen LogP contribution in [0.4, 0.5) is 4.39 Å². The van der Waals surface area contributed by atoms with Crippen molar-refractivity contribution < 1.29 is 13.9 Å². The Balaban J connectivity index is 1.92. The van der Waals surface area contributed by atoms with Crippen molar-refractivity contribution in [2.75, 3.05) is 13.2 Å². The van der Waals surface area contributed by atoms with Gasteiger partial charge in [0.2, 0.25) is 0 Å². The number of nitrogens with zero attached hydrogens (tertiary/aromatic N) is 1. The lowest BCUT2D eigenvalue weighted by atomic mass is 10.3.